The number of carbonyl (C=O) groups is 3. The van der Waals surface area contributed by atoms with Gasteiger partial charge in [0.25, 0.3) is 0 Å². The number of aromatic amines is 2. The topological polar surface area (TPSA) is 154 Å². The molecule has 0 saturated carbocycles. The van der Waals surface area contributed by atoms with Crippen molar-refractivity contribution in [3.63, 3.8) is 0 Å². The van der Waals surface area contributed by atoms with Gasteiger partial charge in [0, 0.05) is 25.7 Å². The average Bonchev–Trinajstić information content (AvgIpc) is 3.95. The van der Waals surface area contributed by atoms with E-state index in [1.807, 2.05) is 18.0 Å². The van der Waals surface area contributed by atoms with E-state index in [0.29, 0.717) is 37.8 Å². The first kappa shape index (κ1) is 48.6. The van der Waals surface area contributed by atoms with Gasteiger partial charge in [0.2, 0.25) is 11.8 Å². The maximum absolute atomic E-state index is 13.3. The lowest BCUT2D eigenvalue weighted by molar-refractivity contribution is -0.137. The summed E-state index contributed by atoms with van der Waals surface area (Å²) in [6.07, 6.45) is 8.56. The number of hydrogen-bond acceptors (Lipinski definition) is 7. The van der Waals surface area contributed by atoms with Crippen molar-refractivity contribution in [2.75, 3.05) is 26.9 Å². The van der Waals surface area contributed by atoms with Gasteiger partial charge in [0.1, 0.15) is 17.7 Å². The molecule has 2 aliphatic rings. The van der Waals surface area contributed by atoms with Crippen LogP contribution in [0.5, 0.6) is 0 Å². The molecule has 2 aliphatic heterocycles. The summed E-state index contributed by atoms with van der Waals surface area (Å²) in [5, 5.41) is 5.74. The van der Waals surface area contributed by atoms with Crippen LogP contribution in [0.3, 0.4) is 0 Å². The summed E-state index contributed by atoms with van der Waals surface area (Å²) in [7, 11) is 1.29. The molecule has 2 saturated heterocycles. The second-order valence-electron chi connectivity index (χ2n) is 14.2. The number of methoxy groups -OCH3 is 1. The summed E-state index contributed by atoms with van der Waals surface area (Å²) in [4.78, 5) is 56.6. The predicted octanol–water partition coefficient (Wildman–Crippen LogP) is 7.40. The molecular formula is C40H59N7O5S4. The van der Waals surface area contributed by atoms with Crippen molar-refractivity contribution in [2.24, 2.45) is 11.8 Å². The third-order valence-electron chi connectivity index (χ3n) is 10.4. The van der Waals surface area contributed by atoms with Crippen LogP contribution in [0, 0.1) is 11.8 Å². The highest BCUT2D eigenvalue weighted by atomic mass is 32.1. The summed E-state index contributed by atoms with van der Waals surface area (Å²) in [5.41, 5.74) is 5.93. The first-order valence-electron chi connectivity index (χ1n) is 18.6. The summed E-state index contributed by atoms with van der Waals surface area (Å²) >= 11 is 0. The molecule has 2 fully saturated rings. The van der Waals surface area contributed by atoms with Crippen LogP contribution < -0.4 is 10.6 Å². The molecule has 2 aromatic carbocycles. The maximum atomic E-state index is 13.3. The first-order valence-corrected chi connectivity index (χ1v) is 18.6. The van der Waals surface area contributed by atoms with E-state index in [1.165, 1.54) is 7.11 Å². The quantitative estimate of drug-likeness (QED) is 0.144. The molecule has 16 heteroatoms. The first-order chi connectivity index (χ1) is 25.2. The molecule has 4 heterocycles. The van der Waals surface area contributed by atoms with Gasteiger partial charge in [0.15, 0.2) is 0 Å². The van der Waals surface area contributed by atoms with Crippen molar-refractivity contribution in [1.82, 2.24) is 35.5 Å². The number of benzene rings is 2. The molecule has 56 heavy (non-hydrogen) atoms. The van der Waals surface area contributed by atoms with E-state index in [2.05, 4.69) is 88.0 Å². The Bertz CT molecular complexity index is 1820. The van der Waals surface area contributed by atoms with Crippen molar-refractivity contribution in [3.8, 4) is 33.6 Å². The van der Waals surface area contributed by atoms with Crippen molar-refractivity contribution in [2.45, 2.75) is 83.8 Å². The molecule has 4 atom stereocenters. The van der Waals surface area contributed by atoms with Crippen LogP contribution in [0.15, 0.2) is 60.9 Å². The Morgan fingerprint density at radius 3 is 1.93 bits per heavy atom. The van der Waals surface area contributed by atoms with Gasteiger partial charge >= 0.3 is 6.09 Å². The fourth-order valence-electron chi connectivity index (χ4n) is 6.91. The molecule has 308 valence electrons. The molecule has 4 aromatic rings. The van der Waals surface area contributed by atoms with E-state index in [0.717, 1.165) is 78.1 Å². The van der Waals surface area contributed by atoms with Crippen LogP contribution in [0.4, 0.5) is 4.79 Å². The minimum atomic E-state index is -0.693. The number of rotatable bonds is 8. The minimum absolute atomic E-state index is 0. The lowest BCUT2D eigenvalue weighted by Crippen LogP contribution is -2.48. The number of imidazole rings is 2. The number of nitrogens with zero attached hydrogens (tertiary/aromatic N) is 3. The Hall–Kier alpha value is -3.57. The third-order valence-corrected chi connectivity index (χ3v) is 10.4. The van der Waals surface area contributed by atoms with Gasteiger partial charge in [-0.05, 0) is 60.3 Å². The summed E-state index contributed by atoms with van der Waals surface area (Å²) in [6, 6.07) is 15.5. The summed E-state index contributed by atoms with van der Waals surface area (Å²) in [5.74, 6) is 1.69. The Balaban J connectivity index is 0.00000271. The van der Waals surface area contributed by atoms with Crippen LogP contribution in [-0.4, -0.2) is 75.7 Å². The normalized spacial score (nSPS) is 19.3. The van der Waals surface area contributed by atoms with Gasteiger partial charge in [-0.15, -0.1) is 0 Å². The monoisotopic (exact) mass is 845 g/mol. The molecular weight excluding hydrogens is 787 g/mol. The fourth-order valence-corrected chi connectivity index (χ4v) is 6.91. The Morgan fingerprint density at radius 1 is 0.768 bits per heavy atom. The van der Waals surface area contributed by atoms with Crippen LogP contribution in [0.2, 0.25) is 0 Å². The van der Waals surface area contributed by atoms with E-state index < -0.39 is 18.2 Å². The zero-order chi connectivity index (χ0) is 36.6. The van der Waals surface area contributed by atoms with E-state index >= 15 is 0 Å². The predicted molar refractivity (Wildman–Crippen MR) is 240 cm³/mol. The average molecular weight is 846 g/mol. The summed E-state index contributed by atoms with van der Waals surface area (Å²) in [6.45, 7) is 8.11. The number of H-pyrrole nitrogens is 2. The summed E-state index contributed by atoms with van der Waals surface area (Å²) < 4.78 is 10.6. The van der Waals surface area contributed by atoms with Gasteiger partial charge in [0.05, 0.1) is 43.0 Å². The van der Waals surface area contributed by atoms with E-state index in [4.69, 9.17) is 14.5 Å². The number of carbonyl (C=O) groups excluding carboxylic acids is 3. The zero-order valence-corrected chi connectivity index (χ0v) is 36.6. The molecule has 12 nitrogen and oxygen atoms in total. The lowest BCUT2D eigenvalue weighted by atomic mass is 9.96. The number of hydrogen-bond donors (Lipinski definition) is 4. The Kier molecular flexibility index (Phi) is 19.9. The van der Waals surface area contributed by atoms with Crippen LogP contribution in [-0.2, 0) is 19.1 Å². The molecule has 0 unspecified atom stereocenters. The largest absolute Gasteiger partial charge is 0.453 e. The minimum Gasteiger partial charge on any atom is -0.453 e. The highest BCUT2D eigenvalue weighted by Crippen LogP contribution is 2.34. The SMILES string of the molecule is COC(=O)N[C@H]1CCCCCOCC[C@@H](c2ncc(-c3ccc(-c4ccc(-c5cnc([C@@H]6CCCN6C(=O)[C@@H](C)C(C)C)[nH]5)cc4)cc3)[nH]2)NC1=O.S.S.S.S. The molecule has 0 aliphatic carbocycles. The van der Waals surface area contributed by atoms with Crippen molar-refractivity contribution in [3.05, 3.63) is 72.6 Å². The van der Waals surface area contributed by atoms with Crippen LogP contribution >= 0.6 is 54.0 Å². The third kappa shape index (κ3) is 12.0. The fraction of sp³-hybridized carbons (Fsp3) is 0.475. The second kappa shape index (κ2) is 23.0. The van der Waals surface area contributed by atoms with Gasteiger partial charge in [-0.25, -0.2) is 14.8 Å². The standard InChI is InChI=1S/C40H51N7O5.4H2S/c1-25(2)26(3)39(49)47-20-8-10-35(47)37-42-24-34(44-37)30-17-13-28(14-18-30)27-11-15-29(16-12-27)33-23-41-36(43-33)31-19-22-52-21-7-5-6-9-32(38(48)45-31)46-40(50)51-4;;;;/h11-18,23-26,31-32,35H,5-10,19-22H2,1-4H3,(H,41,43)(H,42,44)(H,45,48)(H,46,50);4*1H2/t26-,31-,32-,35-;;;;/m0..../s1. The van der Waals surface area contributed by atoms with Gasteiger partial charge in [-0.1, -0.05) is 82.1 Å². The second-order valence-corrected chi connectivity index (χ2v) is 14.2. The number of nitrogens with one attached hydrogen (secondary N) is 4. The molecule has 4 N–H and O–H groups in total. The molecule has 2 aromatic heterocycles. The van der Waals surface area contributed by atoms with Crippen molar-refractivity contribution in [1.29, 1.82) is 0 Å². The number of ether oxygens (including phenoxy) is 2. The van der Waals surface area contributed by atoms with E-state index in [-0.39, 0.29) is 77.8 Å². The number of likely N-dealkylation sites (tertiary alicyclic amines) is 1. The Labute approximate surface area is 358 Å². The number of aromatic nitrogens is 4. The molecule has 3 amide bonds. The molecule has 0 spiro atoms. The van der Waals surface area contributed by atoms with Crippen LogP contribution in [0.25, 0.3) is 33.6 Å². The molecule has 6 rings (SSSR count). The number of amides is 3. The molecule has 0 bridgehead atoms. The smallest absolute Gasteiger partial charge is 0.407 e. The lowest BCUT2D eigenvalue weighted by Gasteiger charge is -2.27. The molecule has 0 radical (unpaired) electrons. The van der Waals surface area contributed by atoms with E-state index in [9.17, 15) is 14.4 Å². The maximum Gasteiger partial charge on any atom is 0.407 e. The van der Waals surface area contributed by atoms with Gasteiger partial charge in [-0.2, -0.15) is 54.0 Å². The van der Waals surface area contributed by atoms with Gasteiger partial charge in [-0.3, -0.25) is 9.59 Å². The number of alkyl carbamates (subject to hydrolysis) is 1. The highest BCUT2D eigenvalue weighted by molar-refractivity contribution is 7.59. The zero-order valence-electron chi connectivity index (χ0n) is 32.6. The van der Waals surface area contributed by atoms with Crippen molar-refractivity contribution >= 4 is 71.9 Å². The van der Waals surface area contributed by atoms with Gasteiger partial charge < -0.3 is 35.0 Å². The highest BCUT2D eigenvalue weighted by Gasteiger charge is 2.35. The van der Waals surface area contributed by atoms with Crippen LogP contribution in [0.1, 0.15) is 89.4 Å². The Morgan fingerprint density at radius 2 is 1.34 bits per heavy atom. The van der Waals surface area contributed by atoms with E-state index in [1.54, 1.807) is 6.20 Å². The van der Waals surface area contributed by atoms with Crippen molar-refractivity contribution < 1.29 is 23.9 Å².